The van der Waals surface area contributed by atoms with Gasteiger partial charge in [0.05, 0.1) is 4.90 Å². The van der Waals surface area contributed by atoms with Gasteiger partial charge in [-0.1, -0.05) is 12.1 Å². The molecule has 0 atom stereocenters. The van der Waals surface area contributed by atoms with Crippen LogP contribution in [-0.2, 0) is 22.7 Å². The zero-order valence-electron chi connectivity index (χ0n) is 16.8. The standard InChI is InChI=1S/C18H21F3N6O2S/c1-11(2)26(4)30(28,29)14-7-5-13(6-8-14)10-22-15-9-12(3)23-17-24-16(18(19,20)21)25-27(15)17/h5-9,11,22H,10H2,1-4H3. The van der Waals surface area contributed by atoms with E-state index in [1.54, 1.807) is 39.0 Å². The van der Waals surface area contributed by atoms with Crippen molar-refractivity contribution in [2.24, 2.45) is 0 Å². The molecule has 3 aromatic rings. The highest BCUT2D eigenvalue weighted by atomic mass is 32.2. The number of aromatic nitrogens is 4. The molecular weight excluding hydrogens is 421 g/mol. The Bertz CT molecular complexity index is 1160. The van der Waals surface area contributed by atoms with E-state index in [1.165, 1.54) is 23.5 Å². The van der Waals surface area contributed by atoms with Gasteiger partial charge in [0.2, 0.25) is 10.0 Å². The number of rotatable bonds is 6. The minimum Gasteiger partial charge on any atom is -0.366 e. The van der Waals surface area contributed by atoms with Gasteiger partial charge in [-0.15, -0.1) is 5.10 Å². The molecule has 0 saturated carbocycles. The molecule has 12 heteroatoms. The summed E-state index contributed by atoms with van der Waals surface area (Å²) in [6.45, 7) is 5.43. The summed E-state index contributed by atoms with van der Waals surface area (Å²) in [5, 5.41) is 6.49. The molecule has 3 rings (SSSR count). The predicted molar refractivity (Wildman–Crippen MR) is 104 cm³/mol. The Hall–Kier alpha value is -2.73. The van der Waals surface area contributed by atoms with Gasteiger partial charge in [-0.3, -0.25) is 0 Å². The van der Waals surface area contributed by atoms with Crippen molar-refractivity contribution in [3.8, 4) is 0 Å². The SMILES string of the molecule is Cc1cc(NCc2ccc(S(=O)(=O)N(C)C(C)C)cc2)n2nc(C(F)(F)F)nc2n1. The highest BCUT2D eigenvalue weighted by Crippen LogP contribution is 2.27. The second-order valence-electron chi connectivity index (χ2n) is 7.04. The van der Waals surface area contributed by atoms with E-state index in [2.05, 4.69) is 20.4 Å². The Balaban J connectivity index is 1.82. The Morgan fingerprint density at radius 3 is 2.37 bits per heavy atom. The van der Waals surface area contributed by atoms with E-state index < -0.39 is 22.0 Å². The van der Waals surface area contributed by atoms with Crippen molar-refractivity contribution in [3.63, 3.8) is 0 Å². The first-order valence-electron chi connectivity index (χ1n) is 9.02. The summed E-state index contributed by atoms with van der Waals surface area (Å²) in [6, 6.07) is 7.64. The monoisotopic (exact) mass is 442 g/mol. The summed E-state index contributed by atoms with van der Waals surface area (Å²) in [7, 11) is -2.08. The lowest BCUT2D eigenvalue weighted by Gasteiger charge is -2.21. The van der Waals surface area contributed by atoms with Crippen LogP contribution in [-0.4, -0.2) is 45.4 Å². The van der Waals surface area contributed by atoms with Crippen LogP contribution in [0.1, 0.15) is 30.9 Å². The van der Waals surface area contributed by atoms with Crippen molar-refractivity contribution in [1.29, 1.82) is 0 Å². The van der Waals surface area contributed by atoms with Crippen LogP contribution in [0.3, 0.4) is 0 Å². The highest BCUT2D eigenvalue weighted by molar-refractivity contribution is 7.89. The van der Waals surface area contributed by atoms with Crippen molar-refractivity contribution >= 4 is 21.6 Å². The molecule has 0 spiro atoms. The Morgan fingerprint density at radius 2 is 1.80 bits per heavy atom. The third-order valence-corrected chi connectivity index (χ3v) is 6.54. The maximum Gasteiger partial charge on any atom is 0.453 e. The fourth-order valence-electron chi connectivity index (χ4n) is 2.65. The van der Waals surface area contributed by atoms with Crippen molar-refractivity contribution < 1.29 is 21.6 Å². The number of nitrogens with one attached hydrogen (secondary N) is 1. The number of hydrogen-bond donors (Lipinski definition) is 1. The van der Waals surface area contributed by atoms with E-state index in [0.717, 1.165) is 10.1 Å². The largest absolute Gasteiger partial charge is 0.453 e. The Morgan fingerprint density at radius 1 is 1.17 bits per heavy atom. The molecular formula is C18H21F3N6O2S. The topological polar surface area (TPSA) is 92.5 Å². The lowest BCUT2D eigenvalue weighted by molar-refractivity contribution is -0.144. The molecule has 0 amide bonds. The lowest BCUT2D eigenvalue weighted by Crippen LogP contribution is -2.33. The van der Waals surface area contributed by atoms with Gasteiger partial charge in [0.15, 0.2) is 0 Å². The van der Waals surface area contributed by atoms with Crippen molar-refractivity contribution in [1.82, 2.24) is 23.9 Å². The molecule has 162 valence electrons. The second-order valence-corrected chi connectivity index (χ2v) is 9.04. The number of benzene rings is 1. The number of nitrogens with zero attached hydrogens (tertiary/aromatic N) is 5. The first kappa shape index (κ1) is 22.0. The lowest BCUT2D eigenvalue weighted by atomic mass is 10.2. The van der Waals surface area contributed by atoms with Crippen molar-refractivity contribution in [3.05, 3.63) is 47.4 Å². The van der Waals surface area contributed by atoms with Crippen LogP contribution < -0.4 is 5.32 Å². The molecule has 0 aliphatic heterocycles. The summed E-state index contributed by atoms with van der Waals surface area (Å²) in [6.07, 6.45) is -4.68. The van der Waals surface area contributed by atoms with E-state index in [1.807, 2.05) is 0 Å². The third-order valence-electron chi connectivity index (χ3n) is 4.49. The Kier molecular flexibility index (Phi) is 5.74. The number of fused-ring (bicyclic) bond motifs is 1. The number of anilines is 1. The van der Waals surface area contributed by atoms with Crippen LogP contribution in [0, 0.1) is 6.92 Å². The number of alkyl halides is 3. The molecule has 0 aliphatic carbocycles. The molecule has 0 unspecified atom stereocenters. The van der Waals surface area contributed by atoms with Crippen LogP contribution in [0.2, 0.25) is 0 Å². The predicted octanol–water partition coefficient (Wildman–Crippen LogP) is 3.09. The van der Waals surface area contributed by atoms with E-state index in [-0.39, 0.29) is 29.1 Å². The fourth-order valence-corrected chi connectivity index (χ4v) is 4.02. The number of aryl methyl sites for hydroxylation is 1. The first-order chi connectivity index (χ1) is 13.9. The second kappa shape index (κ2) is 7.84. The maximum absolute atomic E-state index is 12.9. The number of halogens is 3. The van der Waals surface area contributed by atoms with Gasteiger partial charge in [0, 0.05) is 31.4 Å². The summed E-state index contributed by atoms with van der Waals surface area (Å²) < 4.78 is 66.1. The van der Waals surface area contributed by atoms with Gasteiger partial charge < -0.3 is 5.32 Å². The normalized spacial score (nSPS) is 12.8. The highest BCUT2D eigenvalue weighted by Gasteiger charge is 2.36. The van der Waals surface area contributed by atoms with Gasteiger partial charge in [0.1, 0.15) is 5.82 Å². The van der Waals surface area contributed by atoms with Crippen LogP contribution in [0.25, 0.3) is 5.78 Å². The van der Waals surface area contributed by atoms with Crippen LogP contribution in [0.5, 0.6) is 0 Å². The summed E-state index contributed by atoms with van der Waals surface area (Å²) in [5.41, 5.74) is 1.21. The average Bonchev–Trinajstić information content (AvgIpc) is 3.10. The number of hydrogen-bond acceptors (Lipinski definition) is 6. The van der Waals surface area contributed by atoms with Gasteiger partial charge in [-0.25, -0.2) is 13.4 Å². The maximum atomic E-state index is 12.9. The molecule has 0 radical (unpaired) electrons. The van der Waals surface area contributed by atoms with Gasteiger partial charge in [-0.05, 0) is 38.5 Å². The quantitative estimate of drug-likeness (QED) is 0.631. The summed E-state index contributed by atoms with van der Waals surface area (Å²) in [5.74, 6) is -1.15. The molecule has 2 heterocycles. The molecule has 1 aromatic carbocycles. The van der Waals surface area contributed by atoms with E-state index in [0.29, 0.717) is 5.69 Å². The van der Waals surface area contributed by atoms with Gasteiger partial charge in [-0.2, -0.15) is 27.0 Å². The molecule has 0 bridgehead atoms. The molecule has 0 aliphatic rings. The molecule has 1 N–H and O–H groups in total. The van der Waals surface area contributed by atoms with Gasteiger partial charge >= 0.3 is 6.18 Å². The van der Waals surface area contributed by atoms with Gasteiger partial charge in [0.25, 0.3) is 11.6 Å². The zero-order chi connectivity index (χ0) is 22.3. The van der Waals surface area contributed by atoms with E-state index >= 15 is 0 Å². The summed E-state index contributed by atoms with van der Waals surface area (Å²) in [4.78, 5) is 7.57. The fraction of sp³-hybridized carbons (Fsp3) is 0.389. The third kappa shape index (κ3) is 4.38. The minimum absolute atomic E-state index is 0.163. The first-order valence-corrected chi connectivity index (χ1v) is 10.5. The zero-order valence-corrected chi connectivity index (χ0v) is 17.6. The van der Waals surface area contributed by atoms with E-state index in [9.17, 15) is 21.6 Å². The van der Waals surface area contributed by atoms with Crippen LogP contribution >= 0.6 is 0 Å². The summed E-state index contributed by atoms with van der Waals surface area (Å²) >= 11 is 0. The average molecular weight is 442 g/mol. The van der Waals surface area contributed by atoms with E-state index in [4.69, 9.17) is 0 Å². The van der Waals surface area contributed by atoms with Crippen LogP contribution in [0.15, 0.2) is 35.2 Å². The molecule has 30 heavy (non-hydrogen) atoms. The van der Waals surface area contributed by atoms with Crippen LogP contribution in [0.4, 0.5) is 19.0 Å². The number of sulfonamides is 1. The molecule has 8 nitrogen and oxygen atoms in total. The Labute approximate surface area is 171 Å². The minimum atomic E-state index is -4.68. The smallest absolute Gasteiger partial charge is 0.366 e. The van der Waals surface area contributed by atoms with Crippen molar-refractivity contribution in [2.45, 2.75) is 44.4 Å². The molecule has 0 saturated heterocycles. The van der Waals surface area contributed by atoms with Crippen molar-refractivity contribution in [2.75, 3.05) is 12.4 Å². The molecule has 0 fully saturated rings. The molecule has 2 aromatic heterocycles.